The third kappa shape index (κ3) is 6.38. The second kappa shape index (κ2) is 15.0. The molecule has 0 unspecified atom stereocenters. The summed E-state index contributed by atoms with van der Waals surface area (Å²) >= 11 is 3.71. The van der Waals surface area contributed by atoms with Crippen LogP contribution >= 0.6 is 22.7 Å². The molecule has 0 bridgehead atoms. The van der Waals surface area contributed by atoms with Crippen LogP contribution in [0.3, 0.4) is 0 Å². The Balaban J connectivity index is 1.18. The van der Waals surface area contributed by atoms with Gasteiger partial charge in [0.2, 0.25) is 0 Å². The summed E-state index contributed by atoms with van der Waals surface area (Å²) in [6, 6.07) is 81.0. The van der Waals surface area contributed by atoms with E-state index >= 15 is 0 Å². The normalized spacial score (nSPS) is 11.4. The standard InChI is InChI=1S/C54H37N3S2/c1-6-18-38(19-7-1)55(39-20-8-2-9-21-39)45-36-49-48-35-44(56(40-22-10-3-11-23-40)43-30-32-52-47(34-43)46-28-16-17-29-51(46)58-52)31-33-53(48)59-54(49)50(37-45)57(41-24-12-4-13-25-41)42-26-14-5-15-27-42/h1-37H. The van der Waals surface area contributed by atoms with Gasteiger partial charge in [0, 0.05) is 81.1 Å². The van der Waals surface area contributed by atoms with E-state index in [1.54, 1.807) is 0 Å². The monoisotopic (exact) mass is 791 g/mol. The molecule has 0 fully saturated rings. The summed E-state index contributed by atoms with van der Waals surface area (Å²) in [5, 5.41) is 5.00. The predicted octanol–water partition coefficient (Wildman–Crippen LogP) is 16.8. The molecule has 0 aliphatic rings. The summed E-state index contributed by atoms with van der Waals surface area (Å²) in [6.45, 7) is 0. The average Bonchev–Trinajstić information content (AvgIpc) is 3.87. The van der Waals surface area contributed by atoms with Crippen LogP contribution in [0.4, 0.5) is 51.2 Å². The topological polar surface area (TPSA) is 9.72 Å². The van der Waals surface area contributed by atoms with E-state index in [1.165, 1.54) is 40.3 Å². The van der Waals surface area contributed by atoms with Crippen molar-refractivity contribution in [2.45, 2.75) is 0 Å². The Hall–Kier alpha value is -7.18. The van der Waals surface area contributed by atoms with Gasteiger partial charge >= 0.3 is 0 Å². The number of rotatable bonds is 9. The van der Waals surface area contributed by atoms with E-state index in [2.05, 4.69) is 239 Å². The zero-order valence-corrected chi connectivity index (χ0v) is 33.7. The van der Waals surface area contributed by atoms with Crippen LogP contribution in [0.2, 0.25) is 0 Å². The molecule has 280 valence electrons. The summed E-state index contributed by atoms with van der Waals surface area (Å²) in [5.74, 6) is 0. The fourth-order valence-electron chi connectivity index (χ4n) is 8.33. The Morgan fingerprint density at radius 2 is 0.610 bits per heavy atom. The first-order valence-corrected chi connectivity index (χ1v) is 21.5. The van der Waals surface area contributed by atoms with Gasteiger partial charge in [-0.25, -0.2) is 0 Å². The third-order valence-corrected chi connectivity index (χ3v) is 13.3. The summed E-state index contributed by atoms with van der Waals surface area (Å²) in [4.78, 5) is 7.19. The summed E-state index contributed by atoms with van der Waals surface area (Å²) in [6.07, 6.45) is 0. The van der Waals surface area contributed by atoms with Gasteiger partial charge in [-0.3, -0.25) is 0 Å². The summed E-state index contributed by atoms with van der Waals surface area (Å²) in [7, 11) is 0. The maximum atomic E-state index is 2.41. The first-order valence-electron chi connectivity index (χ1n) is 19.8. The van der Waals surface area contributed by atoms with Crippen molar-refractivity contribution in [3.63, 3.8) is 0 Å². The van der Waals surface area contributed by atoms with Crippen molar-refractivity contribution in [3.05, 3.63) is 224 Å². The van der Waals surface area contributed by atoms with Gasteiger partial charge < -0.3 is 14.7 Å². The molecule has 0 saturated heterocycles. The Labute approximate surface area is 351 Å². The second-order valence-electron chi connectivity index (χ2n) is 14.6. The minimum atomic E-state index is 1.08. The van der Waals surface area contributed by atoms with Crippen LogP contribution in [-0.2, 0) is 0 Å². The smallest absolute Gasteiger partial charge is 0.0661 e. The van der Waals surface area contributed by atoms with Gasteiger partial charge in [0.25, 0.3) is 0 Å². The lowest BCUT2D eigenvalue weighted by Gasteiger charge is -2.30. The Morgan fingerprint density at radius 1 is 0.237 bits per heavy atom. The number of nitrogens with zero attached hydrogens (tertiary/aromatic N) is 3. The maximum absolute atomic E-state index is 2.41. The zero-order valence-electron chi connectivity index (χ0n) is 32.0. The molecule has 11 aromatic rings. The Morgan fingerprint density at radius 3 is 1.12 bits per heavy atom. The second-order valence-corrected chi connectivity index (χ2v) is 16.7. The molecule has 0 aliphatic carbocycles. The molecule has 2 heterocycles. The molecule has 0 aliphatic heterocycles. The van der Waals surface area contributed by atoms with E-state index in [4.69, 9.17) is 0 Å². The fourth-order valence-corrected chi connectivity index (χ4v) is 10.6. The molecule has 3 nitrogen and oxygen atoms in total. The molecule has 5 heteroatoms. The SMILES string of the molecule is c1ccc(N(c2ccc3sc4ccccc4c3c2)c2ccc3sc4c(N(c5ccccc5)c5ccccc5)cc(N(c5ccccc5)c5ccccc5)cc4c3c2)cc1. The molecule has 11 rings (SSSR count). The lowest BCUT2D eigenvalue weighted by molar-refractivity contribution is 1.26. The van der Waals surface area contributed by atoms with Crippen molar-refractivity contribution >= 4 is 114 Å². The van der Waals surface area contributed by atoms with Gasteiger partial charge in [-0.05, 0) is 115 Å². The van der Waals surface area contributed by atoms with Gasteiger partial charge in [-0.2, -0.15) is 0 Å². The first-order chi connectivity index (χ1) is 29.3. The van der Waals surface area contributed by atoms with Crippen molar-refractivity contribution in [2.75, 3.05) is 14.7 Å². The van der Waals surface area contributed by atoms with Crippen molar-refractivity contribution in [1.29, 1.82) is 0 Å². The summed E-state index contributed by atoms with van der Waals surface area (Å²) < 4.78 is 5.07. The van der Waals surface area contributed by atoms with Crippen LogP contribution in [0.15, 0.2) is 224 Å². The lowest BCUT2D eigenvalue weighted by Crippen LogP contribution is -2.13. The van der Waals surface area contributed by atoms with E-state index in [0.717, 1.165) is 51.2 Å². The fraction of sp³-hybridized carbons (Fsp3) is 0. The van der Waals surface area contributed by atoms with Crippen LogP contribution in [0.5, 0.6) is 0 Å². The minimum absolute atomic E-state index is 1.08. The van der Waals surface area contributed by atoms with E-state index < -0.39 is 0 Å². The number of para-hydroxylation sites is 5. The zero-order chi connectivity index (χ0) is 39.1. The van der Waals surface area contributed by atoms with E-state index in [9.17, 15) is 0 Å². The van der Waals surface area contributed by atoms with E-state index in [0.29, 0.717) is 0 Å². The van der Waals surface area contributed by atoms with Gasteiger partial charge in [-0.15, -0.1) is 22.7 Å². The van der Waals surface area contributed by atoms with Crippen molar-refractivity contribution in [2.24, 2.45) is 0 Å². The number of anilines is 9. The highest BCUT2D eigenvalue weighted by atomic mass is 32.1. The highest BCUT2D eigenvalue weighted by molar-refractivity contribution is 7.26. The number of hydrogen-bond donors (Lipinski definition) is 0. The van der Waals surface area contributed by atoms with Crippen molar-refractivity contribution in [1.82, 2.24) is 0 Å². The number of fused-ring (bicyclic) bond motifs is 6. The molecule has 0 atom stereocenters. The van der Waals surface area contributed by atoms with Crippen LogP contribution in [0, 0.1) is 0 Å². The molecule has 0 saturated carbocycles. The largest absolute Gasteiger partial charge is 0.310 e. The maximum Gasteiger partial charge on any atom is 0.0661 e. The number of benzene rings is 9. The molecule has 0 amide bonds. The van der Waals surface area contributed by atoms with Gasteiger partial charge in [0.15, 0.2) is 0 Å². The van der Waals surface area contributed by atoms with Crippen molar-refractivity contribution in [3.8, 4) is 0 Å². The van der Waals surface area contributed by atoms with Crippen LogP contribution in [0.25, 0.3) is 40.3 Å². The molecule has 0 radical (unpaired) electrons. The molecule has 0 spiro atoms. The highest BCUT2D eigenvalue weighted by Gasteiger charge is 2.24. The van der Waals surface area contributed by atoms with Gasteiger partial charge in [0.05, 0.1) is 10.4 Å². The van der Waals surface area contributed by atoms with E-state index in [1.807, 2.05) is 22.7 Å². The Kier molecular flexibility index (Phi) is 8.88. The van der Waals surface area contributed by atoms with Gasteiger partial charge in [-0.1, -0.05) is 109 Å². The molecule has 0 N–H and O–H groups in total. The van der Waals surface area contributed by atoms with Gasteiger partial charge in [0.1, 0.15) is 0 Å². The molecule has 2 aromatic heterocycles. The Bertz CT molecular complexity index is 3140. The first kappa shape index (κ1) is 35.0. The molecule has 9 aromatic carbocycles. The third-order valence-electron chi connectivity index (χ3n) is 11.0. The quantitative estimate of drug-likeness (QED) is 0.144. The summed E-state index contributed by atoms with van der Waals surface area (Å²) in [5.41, 5.74) is 9.98. The van der Waals surface area contributed by atoms with Crippen LogP contribution in [-0.4, -0.2) is 0 Å². The van der Waals surface area contributed by atoms with E-state index in [-0.39, 0.29) is 0 Å². The molecular formula is C54H37N3S2. The number of hydrogen-bond acceptors (Lipinski definition) is 5. The average molecular weight is 792 g/mol. The van der Waals surface area contributed by atoms with Crippen LogP contribution < -0.4 is 14.7 Å². The highest BCUT2D eigenvalue weighted by Crippen LogP contribution is 2.50. The van der Waals surface area contributed by atoms with Crippen LogP contribution in [0.1, 0.15) is 0 Å². The molecule has 59 heavy (non-hydrogen) atoms. The number of thiophene rings is 2. The van der Waals surface area contributed by atoms with Crippen molar-refractivity contribution < 1.29 is 0 Å². The molecular weight excluding hydrogens is 755 g/mol. The lowest BCUT2D eigenvalue weighted by atomic mass is 10.1. The minimum Gasteiger partial charge on any atom is -0.310 e. The predicted molar refractivity (Wildman–Crippen MR) is 256 cm³/mol.